The molecule has 4 aliphatic rings. The molecule has 0 radical (unpaired) electrons. The third-order valence-electron chi connectivity index (χ3n) is 5.73. The van der Waals surface area contributed by atoms with E-state index in [2.05, 4.69) is 11.0 Å². The van der Waals surface area contributed by atoms with E-state index in [1.54, 1.807) is 0 Å². The molecule has 1 aliphatic carbocycles. The van der Waals surface area contributed by atoms with Gasteiger partial charge in [-0.2, -0.15) is 0 Å². The van der Waals surface area contributed by atoms with Crippen molar-refractivity contribution < 1.29 is 19.7 Å². The first-order valence-electron chi connectivity index (χ1n) is 7.75. The summed E-state index contributed by atoms with van der Waals surface area (Å²) in [5.41, 5.74) is 2.34. The number of hydrogen-bond acceptors (Lipinski definition) is 5. The molecule has 0 amide bonds. The van der Waals surface area contributed by atoms with Gasteiger partial charge in [-0.1, -0.05) is 0 Å². The lowest BCUT2D eigenvalue weighted by atomic mass is 9.68. The van der Waals surface area contributed by atoms with Gasteiger partial charge < -0.3 is 19.7 Å². The van der Waals surface area contributed by atoms with E-state index in [9.17, 15) is 10.2 Å². The number of nitrogens with zero attached hydrogens (tertiary/aromatic N) is 1. The number of ether oxygens (including phenoxy) is 2. The highest BCUT2D eigenvalue weighted by Gasteiger charge is 2.52. The van der Waals surface area contributed by atoms with Crippen molar-refractivity contribution >= 4 is 0 Å². The molecule has 5 rings (SSSR count). The Kier molecular flexibility index (Phi) is 2.41. The van der Waals surface area contributed by atoms with Gasteiger partial charge in [-0.3, -0.25) is 4.90 Å². The number of aliphatic hydroxyl groups excluding tert-OH is 2. The Morgan fingerprint density at radius 2 is 1.95 bits per heavy atom. The molecular weight excluding hydrogens is 270 g/mol. The second kappa shape index (κ2) is 4.12. The zero-order valence-corrected chi connectivity index (χ0v) is 11.7. The van der Waals surface area contributed by atoms with Gasteiger partial charge in [0.05, 0.1) is 12.2 Å². The van der Waals surface area contributed by atoms with Gasteiger partial charge in [-0.25, -0.2) is 0 Å². The van der Waals surface area contributed by atoms with E-state index in [-0.39, 0.29) is 12.7 Å². The van der Waals surface area contributed by atoms with Crippen LogP contribution in [0.1, 0.15) is 29.9 Å². The summed E-state index contributed by atoms with van der Waals surface area (Å²) in [6.45, 7) is 2.23. The van der Waals surface area contributed by atoms with Gasteiger partial charge in [0, 0.05) is 18.5 Å². The van der Waals surface area contributed by atoms with Gasteiger partial charge in [0.15, 0.2) is 11.5 Å². The van der Waals surface area contributed by atoms with Gasteiger partial charge in [0.1, 0.15) is 0 Å². The van der Waals surface area contributed by atoms with Crippen LogP contribution in [0, 0.1) is 5.92 Å². The third-order valence-corrected chi connectivity index (χ3v) is 5.73. The van der Waals surface area contributed by atoms with Crippen molar-refractivity contribution in [2.75, 3.05) is 13.3 Å². The minimum atomic E-state index is -0.689. The smallest absolute Gasteiger partial charge is 0.231 e. The van der Waals surface area contributed by atoms with Gasteiger partial charge in [-0.15, -0.1) is 0 Å². The molecule has 2 unspecified atom stereocenters. The standard InChI is InChI=1S/C16H19NO4/c18-11-3-8-1-2-17-6-9-4-12-13(21-7-20-12)5-10(9)14(15(8)17)16(11)19/h4-5,8,11,14-16,18-19H,1-3,6-7H2/t8?,11-,14+,15+,16?/m0/s1. The van der Waals surface area contributed by atoms with Crippen LogP contribution >= 0.6 is 0 Å². The van der Waals surface area contributed by atoms with E-state index >= 15 is 0 Å². The van der Waals surface area contributed by atoms with Gasteiger partial charge in [0.25, 0.3) is 0 Å². The monoisotopic (exact) mass is 289 g/mol. The molecule has 2 N–H and O–H groups in total. The molecule has 1 aromatic carbocycles. The topological polar surface area (TPSA) is 62.2 Å². The lowest BCUT2D eigenvalue weighted by molar-refractivity contribution is -0.0657. The Hall–Kier alpha value is -1.30. The molecule has 3 aliphatic heterocycles. The van der Waals surface area contributed by atoms with E-state index in [0.29, 0.717) is 12.0 Å². The number of fused-ring (bicyclic) bond motifs is 3. The zero-order chi connectivity index (χ0) is 14.1. The summed E-state index contributed by atoms with van der Waals surface area (Å²) in [5, 5.41) is 20.8. The Morgan fingerprint density at radius 3 is 2.81 bits per heavy atom. The summed E-state index contributed by atoms with van der Waals surface area (Å²) in [6.07, 6.45) is 0.531. The highest BCUT2D eigenvalue weighted by molar-refractivity contribution is 5.52. The summed E-state index contributed by atoms with van der Waals surface area (Å²) < 4.78 is 11.0. The van der Waals surface area contributed by atoms with Crippen LogP contribution in [0.5, 0.6) is 11.5 Å². The third kappa shape index (κ3) is 1.57. The average molecular weight is 289 g/mol. The summed E-state index contributed by atoms with van der Waals surface area (Å²) in [7, 11) is 0. The fourth-order valence-electron chi connectivity index (χ4n) is 4.84. The van der Waals surface area contributed by atoms with Crippen LogP contribution in [0.15, 0.2) is 12.1 Å². The molecule has 0 spiro atoms. The van der Waals surface area contributed by atoms with Gasteiger partial charge >= 0.3 is 0 Å². The van der Waals surface area contributed by atoms with Crippen LogP contribution in [0.2, 0.25) is 0 Å². The molecule has 112 valence electrons. The first-order chi connectivity index (χ1) is 10.2. The van der Waals surface area contributed by atoms with Crippen molar-refractivity contribution in [3.05, 3.63) is 23.3 Å². The maximum atomic E-state index is 10.6. The fraction of sp³-hybridized carbons (Fsp3) is 0.625. The maximum Gasteiger partial charge on any atom is 0.231 e. The van der Waals surface area contributed by atoms with Crippen LogP contribution in [0.4, 0.5) is 0 Å². The normalized spacial score (nSPS) is 40.0. The van der Waals surface area contributed by atoms with Crippen LogP contribution < -0.4 is 9.47 Å². The second-order valence-corrected chi connectivity index (χ2v) is 6.73. The van der Waals surface area contributed by atoms with Crippen LogP contribution in [-0.2, 0) is 6.54 Å². The molecule has 1 saturated heterocycles. The lowest BCUT2D eigenvalue weighted by Crippen LogP contribution is -2.53. The number of hydrogen-bond donors (Lipinski definition) is 2. The van der Waals surface area contributed by atoms with Gasteiger partial charge in [-0.05, 0) is 48.6 Å². The van der Waals surface area contributed by atoms with E-state index in [4.69, 9.17) is 9.47 Å². The lowest BCUT2D eigenvalue weighted by Gasteiger charge is -2.47. The molecule has 0 aromatic heterocycles. The van der Waals surface area contributed by atoms with E-state index in [0.717, 1.165) is 43.0 Å². The van der Waals surface area contributed by atoms with Crippen molar-refractivity contribution in [1.82, 2.24) is 4.90 Å². The van der Waals surface area contributed by atoms with Crippen LogP contribution in [0.3, 0.4) is 0 Å². The Balaban J connectivity index is 1.66. The molecule has 2 fully saturated rings. The Morgan fingerprint density at radius 1 is 1.14 bits per heavy atom. The largest absolute Gasteiger partial charge is 0.454 e. The van der Waals surface area contributed by atoms with Crippen molar-refractivity contribution in [3.8, 4) is 11.5 Å². The van der Waals surface area contributed by atoms with Gasteiger partial charge in [0.2, 0.25) is 6.79 Å². The van der Waals surface area contributed by atoms with Crippen molar-refractivity contribution in [3.63, 3.8) is 0 Å². The summed E-state index contributed by atoms with van der Waals surface area (Å²) in [4.78, 5) is 2.47. The zero-order valence-electron chi connectivity index (χ0n) is 11.7. The van der Waals surface area contributed by atoms with E-state index in [1.807, 2.05) is 6.07 Å². The van der Waals surface area contributed by atoms with E-state index < -0.39 is 12.2 Å². The maximum absolute atomic E-state index is 10.6. The predicted octanol–water partition coefficient (Wildman–Crippen LogP) is 0.829. The fourth-order valence-corrected chi connectivity index (χ4v) is 4.84. The number of benzene rings is 1. The molecule has 1 aromatic rings. The highest BCUT2D eigenvalue weighted by atomic mass is 16.7. The highest BCUT2D eigenvalue weighted by Crippen LogP contribution is 2.51. The predicted molar refractivity (Wildman–Crippen MR) is 74.2 cm³/mol. The number of rotatable bonds is 0. The summed E-state index contributed by atoms with van der Waals surface area (Å²) in [6, 6.07) is 4.43. The molecule has 21 heavy (non-hydrogen) atoms. The van der Waals surface area contributed by atoms with Crippen molar-refractivity contribution in [2.24, 2.45) is 5.92 Å². The quantitative estimate of drug-likeness (QED) is 0.741. The summed E-state index contributed by atoms with van der Waals surface area (Å²) in [5.74, 6) is 2.05. The minimum absolute atomic E-state index is 0.0144. The average Bonchev–Trinajstić information content (AvgIpc) is 3.08. The Labute approximate surface area is 123 Å². The molecule has 3 heterocycles. The van der Waals surface area contributed by atoms with Crippen molar-refractivity contribution in [2.45, 2.75) is 43.6 Å². The molecule has 5 atom stereocenters. The molecule has 5 heteroatoms. The first kappa shape index (κ1) is 12.3. The molecule has 1 saturated carbocycles. The van der Waals surface area contributed by atoms with Crippen LogP contribution in [0.25, 0.3) is 0 Å². The summed E-state index contributed by atoms with van der Waals surface area (Å²) >= 11 is 0. The second-order valence-electron chi connectivity index (χ2n) is 6.73. The van der Waals surface area contributed by atoms with Crippen molar-refractivity contribution in [1.29, 1.82) is 0 Å². The first-order valence-corrected chi connectivity index (χ1v) is 7.75. The SMILES string of the molecule is OC1[C@@H](O)CC2CCN3Cc4cc5c(cc4[C@@H]1[C@@H]23)OCO5. The molecular formula is C16H19NO4. The number of aliphatic hydroxyl groups is 2. The van der Waals surface area contributed by atoms with E-state index in [1.165, 1.54) is 5.56 Å². The van der Waals surface area contributed by atoms with Crippen LogP contribution in [-0.4, -0.2) is 46.7 Å². The molecule has 5 nitrogen and oxygen atoms in total. The Bertz CT molecular complexity index is 604. The minimum Gasteiger partial charge on any atom is -0.454 e. The molecule has 0 bridgehead atoms.